The average molecular weight is 166 g/mol. The maximum absolute atomic E-state index is 10.0. The first kappa shape index (κ1) is 8.34. The molecule has 0 unspecified atom stereocenters. The quantitative estimate of drug-likeness (QED) is 0.537. The van der Waals surface area contributed by atoms with E-state index in [4.69, 9.17) is 0 Å². The summed E-state index contributed by atoms with van der Waals surface area (Å²) in [5.41, 5.74) is 1.19. The van der Waals surface area contributed by atoms with E-state index in [9.17, 15) is 4.79 Å². The standard InChI is InChI=1S/C9H10OS/c10-7-1-2-8-3-5-9(11)6-4-8/h3-7,11H,1-2H2. The SMILES string of the molecule is O=CCCc1ccc(S)cc1. The fourth-order valence-electron chi connectivity index (χ4n) is 0.888. The summed E-state index contributed by atoms with van der Waals surface area (Å²) in [4.78, 5) is 11.0. The minimum Gasteiger partial charge on any atom is -0.303 e. The second-order valence-electron chi connectivity index (χ2n) is 2.37. The number of hydrogen-bond acceptors (Lipinski definition) is 2. The van der Waals surface area contributed by atoms with Crippen molar-refractivity contribution in [2.24, 2.45) is 0 Å². The molecule has 0 fully saturated rings. The summed E-state index contributed by atoms with van der Waals surface area (Å²) in [6.07, 6.45) is 2.37. The molecule has 0 N–H and O–H groups in total. The minimum atomic E-state index is 0.603. The zero-order valence-electron chi connectivity index (χ0n) is 6.16. The number of carbonyl (C=O) groups is 1. The van der Waals surface area contributed by atoms with Crippen molar-refractivity contribution in [1.29, 1.82) is 0 Å². The van der Waals surface area contributed by atoms with Crippen molar-refractivity contribution in [3.8, 4) is 0 Å². The van der Waals surface area contributed by atoms with E-state index in [2.05, 4.69) is 12.6 Å². The second-order valence-corrected chi connectivity index (χ2v) is 2.89. The van der Waals surface area contributed by atoms with E-state index < -0.39 is 0 Å². The third kappa shape index (κ3) is 2.76. The number of rotatable bonds is 3. The van der Waals surface area contributed by atoms with Gasteiger partial charge in [0, 0.05) is 11.3 Å². The van der Waals surface area contributed by atoms with Crippen LogP contribution in [0.15, 0.2) is 29.2 Å². The lowest BCUT2D eigenvalue weighted by Crippen LogP contribution is -1.84. The van der Waals surface area contributed by atoms with E-state index in [1.54, 1.807) is 0 Å². The Morgan fingerprint density at radius 3 is 2.45 bits per heavy atom. The highest BCUT2D eigenvalue weighted by molar-refractivity contribution is 7.80. The molecule has 1 rings (SSSR count). The van der Waals surface area contributed by atoms with Gasteiger partial charge in [-0.25, -0.2) is 0 Å². The van der Waals surface area contributed by atoms with Crippen LogP contribution in [0.5, 0.6) is 0 Å². The van der Waals surface area contributed by atoms with Gasteiger partial charge in [0.1, 0.15) is 6.29 Å². The van der Waals surface area contributed by atoms with Crippen LogP contribution in [0, 0.1) is 0 Å². The largest absolute Gasteiger partial charge is 0.303 e. The normalized spacial score (nSPS) is 9.55. The van der Waals surface area contributed by atoms with E-state index in [-0.39, 0.29) is 0 Å². The molecule has 0 saturated carbocycles. The van der Waals surface area contributed by atoms with Crippen LogP contribution in [0.25, 0.3) is 0 Å². The maximum atomic E-state index is 10.0. The predicted octanol–water partition coefficient (Wildman–Crippen LogP) is 2.11. The van der Waals surface area contributed by atoms with Gasteiger partial charge in [-0.05, 0) is 24.1 Å². The molecule has 1 aromatic carbocycles. The Bertz CT molecular complexity index is 228. The molecule has 11 heavy (non-hydrogen) atoms. The summed E-state index contributed by atoms with van der Waals surface area (Å²) < 4.78 is 0. The molecule has 0 aliphatic carbocycles. The first-order valence-electron chi connectivity index (χ1n) is 3.54. The number of aryl methyl sites for hydroxylation is 1. The molecule has 58 valence electrons. The second kappa shape index (κ2) is 4.19. The summed E-state index contributed by atoms with van der Waals surface area (Å²) in [5.74, 6) is 0. The predicted molar refractivity (Wildman–Crippen MR) is 48.1 cm³/mol. The van der Waals surface area contributed by atoms with Crippen LogP contribution < -0.4 is 0 Å². The van der Waals surface area contributed by atoms with Crippen molar-refractivity contribution in [3.63, 3.8) is 0 Å². The number of carbonyl (C=O) groups excluding carboxylic acids is 1. The van der Waals surface area contributed by atoms with Crippen molar-refractivity contribution in [2.45, 2.75) is 17.7 Å². The highest BCUT2D eigenvalue weighted by Crippen LogP contribution is 2.08. The molecule has 2 heteroatoms. The van der Waals surface area contributed by atoms with Crippen molar-refractivity contribution < 1.29 is 4.79 Å². The summed E-state index contributed by atoms with van der Waals surface area (Å²) in [7, 11) is 0. The van der Waals surface area contributed by atoms with Gasteiger partial charge in [-0.2, -0.15) is 0 Å². The molecular weight excluding hydrogens is 156 g/mol. The van der Waals surface area contributed by atoms with Gasteiger partial charge in [-0.15, -0.1) is 12.6 Å². The van der Waals surface area contributed by atoms with Crippen molar-refractivity contribution in [1.82, 2.24) is 0 Å². The van der Waals surface area contributed by atoms with Crippen LogP contribution in [0.3, 0.4) is 0 Å². The van der Waals surface area contributed by atoms with Crippen LogP contribution in [0.4, 0.5) is 0 Å². The zero-order valence-corrected chi connectivity index (χ0v) is 7.05. The lowest BCUT2D eigenvalue weighted by molar-refractivity contribution is -0.107. The average Bonchev–Trinajstić information content (AvgIpc) is 2.04. The van der Waals surface area contributed by atoms with Crippen LogP contribution in [-0.4, -0.2) is 6.29 Å². The van der Waals surface area contributed by atoms with Crippen molar-refractivity contribution in [3.05, 3.63) is 29.8 Å². The van der Waals surface area contributed by atoms with Gasteiger partial charge in [-0.1, -0.05) is 12.1 Å². The Hall–Kier alpha value is -0.760. The van der Waals surface area contributed by atoms with E-state index in [0.29, 0.717) is 6.42 Å². The molecule has 0 aliphatic heterocycles. The molecule has 0 radical (unpaired) electrons. The van der Waals surface area contributed by atoms with Crippen molar-refractivity contribution >= 4 is 18.9 Å². The van der Waals surface area contributed by atoms with Crippen LogP contribution in [0.1, 0.15) is 12.0 Å². The lowest BCUT2D eigenvalue weighted by Gasteiger charge is -1.96. The van der Waals surface area contributed by atoms with Gasteiger partial charge in [0.25, 0.3) is 0 Å². The monoisotopic (exact) mass is 166 g/mol. The molecule has 0 amide bonds. The van der Waals surface area contributed by atoms with Gasteiger partial charge in [0.15, 0.2) is 0 Å². The fraction of sp³-hybridized carbons (Fsp3) is 0.222. The zero-order chi connectivity index (χ0) is 8.10. The minimum absolute atomic E-state index is 0.603. The molecule has 0 atom stereocenters. The molecule has 0 heterocycles. The maximum Gasteiger partial charge on any atom is 0.120 e. The number of aldehydes is 1. The van der Waals surface area contributed by atoms with E-state index in [0.717, 1.165) is 17.6 Å². The number of thiol groups is 1. The van der Waals surface area contributed by atoms with Gasteiger partial charge >= 0.3 is 0 Å². The number of hydrogen-bond donors (Lipinski definition) is 1. The Kier molecular flexibility index (Phi) is 3.17. The highest BCUT2D eigenvalue weighted by atomic mass is 32.1. The van der Waals surface area contributed by atoms with Crippen LogP contribution >= 0.6 is 12.6 Å². The number of benzene rings is 1. The van der Waals surface area contributed by atoms with E-state index in [1.807, 2.05) is 24.3 Å². The Labute approximate surface area is 71.8 Å². The van der Waals surface area contributed by atoms with Crippen LogP contribution in [-0.2, 0) is 11.2 Å². The molecule has 0 aromatic heterocycles. The third-order valence-corrected chi connectivity index (χ3v) is 1.79. The highest BCUT2D eigenvalue weighted by Gasteiger charge is 1.90. The molecule has 0 aliphatic rings. The first-order valence-corrected chi connectivity index (χ1v) is 3.99. The fourth-order valence-corrected chi connectivity index (χ4v) is 1.04. The Morgan fingerprint density at radius 1 is 1.27 bits per heavy atom. The Balaban J connectivity index is 2.58. The summed E-state index contributed by atoms with van der Waals surface area (Å²) in [6.45, 7) is 0. The smallest absolute Gasteiger partial charge is 0.120 e. The molecule has 0 spiro atoms. The van der Waals surface area contributed by atoms with Gasteiger partial charge < -0.3 is 4.79 Å². The van der Waals surface area contributed by atoms with Crippen molar-refractivity contribution in [2.75, 3.05) is 0 Å². The molecular formula is C9H10OS. The van der Waals surface area contributed by atoms with Gasteiger partial charge in [0.2, 0.25) is 0 Å². The topological polar surface area (TPSA) is 17.1 Å². The lowest BCUT2D eigenvalue weighted by atomic mass is 10.1. The summed E-state index contributed by atoms with van der Waals surface area (Å²) >= 11 is 4.15. The van der Waals surface area contributed by atoms with Gasteiger partial charge in [0.05, 0.1) is 0 Å². The molecule has 1 aromatic rings. The van der Waals surface area contributed by atoms with E-state index in [1.165, 1.54) is 5.56 Å². The molecule has 0 saturated heterocycles. The summed E-state index contributed by atoms with van der Waals surface area (Å²) in [5, 5.41) is 0. The summed E-state index contributed by atoms with van der Waals surface area (Å²) in [6, 6.07) is 7.85. The molecule has 0 bridgehead atoms. The first-order chi connectivity index (χ1) is 5.33. The third-order valence-electron chi connectivity index (χ3n) is 1.49. The Morgan fingerprint density at radius 2 is 1.91 bits per heavy atom. The van der Waals surface area contributed by atoms with E-state index >= 15 is 0 Å². The van der Waals surface area contributed by atoms with Gasteiger partial charge in [-0.3, -0.25) is 0 Å². The van der Waals surface area contributed by atoms with Crippen LogP contribution in [0.2, 0.25) is 0 Å². The molecule has 1 nitrogen and oxygen atoms in total.